The molecule has 1 aliphatic rings. The zero-order valence-electron chi connectivity index (χ0n) is 6.71. The van der Waals surface area contributed by atoms with Crippen molar-refractivity contribution in [2.75, 3.05) is 6.54 Å². The van der Waals surface area contributed by atoms with E-state index in [9.17, 15) is 4.79 Å². The van der Waals surface area contributed by atoms with Gasteiger partial charge < -0.3 is 10.3 Å². The van der Waals surface area contributed by atoms with E-state index in [4.69, 9.17) is 0 Å². The average molecular weight is 165 g/mol. The summed E-state index contributed by atoms with van der Waals surface area (Å²) in [5.41, 5.74) is 0.548. The number of aromatic amines is 1. The van der Waals surface area contributed by atoms with E-state index >= 15 is 0 Å². The van der Waals surface area contributed by atoms with Gasteiger partial charge in [-0.1, -0.05) is 0 Å². The number of H-pyrrole nitrogens is 1. The summed E-state index contributed by atoms with van der Waals surface area (Å²) in [6, 6.07) is 0.162. The molecular formula is C8H11N3O. The summed E-state index contributed by atoms with van der Waals surface area (Å²) in [4.78, 5) is 17.9. The minimum Gasteiger partial charge on any atom is -0.326 e. The van der Waals surface area contributed by atoms with Crippen molar-refractivity contribution in [2.24, 2.45) is 0 Å². The molecule has 0 amide bonds. The van der Waals surface area contributed by atoms with Crippen molar-refractivity contribution in [3.8, 4) is 0 Å². The Morgan fingerprint density at radius 2 is 2.50 bits per heavy atom. The molecule has 2 N–H and O–H groups in total. The van der Waals surface area contributed by atoms with Crippen molar-refractivity contribution >= 4 is 0 Å². The summed E-state index contributed by atoms with van der Waals surface area (Å²) in [6.45, 7) is 0.987. The lowest BCUT2D eigenvalue weighted by Gasteiger charge is -2.06. The monoisotopic (exact) mass is 165 g/mol. The summed E-state index contributed by atoms with van der Waals surface area (Å²) < 4.78 is 0. The van der Waals surface area contributed by atoms with Gasteiger partial charge in [-0.3, -0.25) is 9.78 Å². The van der Waals surface area contributed by atoms with Crippen LogP contribution in [0.5, 0.6) is 0 Å². The highest BCUT2D eigenvalue weighted by molar-refractivity contribution is 5.04. The van der Waals surface area contributed by atoms with Gasteiger partial charge in [-0.15, -0.1) is 0 Å². The number of aromatic nitrogens is 2. The summed E-state index contributed by atoms with van der Waals surface area (Å²) in [5.74, 6) is 0. The van der Waals surface area contributed by atoms with Crippen molar-refractivity contribution in [1.29, 1.82) is 0 Å². The molecule has 0 spiro atoms. The fraction of sp³-hybridized carbons (Fsp3) is 0.500. The highest BCUT2D eigenvalue weighted by atomic mass is 16.1. The molecule has 12 heavy (non-hydrogen) atoms. The van der Waals surface area contributed by atoms with Crippen LogP contribution in [-0.2, 0) is 0 Å². The van der Waals surface area contributed by atoms with Gasteiger partial charge in [-0.05, 0) is 19.4 Å². The molecule has 1 aromatic rings. The third-order valence-corrected chi connectivity index (χ3v) is 2.13. The number of nitrogens with zero attached hydrogens (tertiary/aromatic N) is 1. The number of rotatable bonds is 1. The lowest BCUT2D eigenvalue weighted by molar-refractivity contribution is 0.617. The first kappa shape index (κ1) is 7.49. The SMILES string of the molecule is O=c1[nH]ccnc1[C@H]1CCCN1. The lowest BCUT2D eigenvalue weighted by Crippen LogP contribution is -2.23. The standard InChI is InChI=1S/C8H11N3O/c12-8-7(10-4-5-11-8)6-2-1-3-9-6/h4-6,9H,1-3H2,(H,11,12)/t6-/m1/s1. The predicted molar refractivity (Wildman–Crippen MR) is 44.8 cm³/mol. The third-order valence-electron chi connectivity index (χ3n) is 2.13. The van der Waals surface area contributed by atoms with E-state index in [1.54, 1.807) is 12.4 Å². The second kappa shape index (κ2) is 3.06. The lowest BCUT2D eigenvalue weighted by atomic mass is 10.2. The predicted octanol–water partition coefficient (Wildman–Crippen LogP) is 0.194. The minimum atomic E-state index is -0.0723. The first-order valence-corrected chi connectivity index (χ1v) is 4.15. The molecule has 0 unspecified atom stereocenters. The Morgan fingerprint density at radius 1 is 1.58 bits per heavy atom. The molecular weight excluding hydrogens is 154 g/mol. The minimum absolute atomic E-state index is 0.0723. The molecule has 0 aromatic carbocycles. The van der Waals surface area contributed by atoms with Gasteiger partial charge in [0.15, 0.2) is 0 Å². The van der Waals surface area contributed by atoms with Crippen LogP contribution in [0.15, 0.2) is 17.2 Å². The van der Waals surface area contributed by atoms with Crippen molar-refractivity contribution in [2.45, 2.75) is 18.9 Å². The molecule has 2 heterocycles. The van der Waals surface area contributed by atoms with Crippen LogP contribution in [0.2, 0.25) is 0 Å². The summed E-state index contributed by atoms with van der Waals surface area (Å²) in [6.07, 6.45) is 5.32. The molecule has 1 saturated heterocycles. The van der Waals surface area contributed by atoms with Gasteiger partial charge in [0, 0.05) is 12.4 Å². The van der Waals surface area contributed by atoms with Crippen molar-refractivity contribution in [3.05, 3.63) is 28.4 Å². The van der Waals surface area contributed by atoms with Gasteiger partial charge in [-0.25, -0.2) is 0 Å². The van der Waals surface area contributed by atoms with Crippen LogP contribution in [0.25, 0.3) is 0 Å². The Hall–Kier alpha value is -1.16. The van der Waals surface area contributed by atoms with E-state index in [-0.39, 0.29) is 11.6 Å². The largest absolute Gasteiger partial charge is 0.326 e. The molecule has 4 nitrogen and oxygen atoms in total. The zero-order chi connectivity index (χ0) is 8.39. The van der Waals surface area contributed by atoms with Crippen LogP contribution in [0, 0.1) is 0 Å². The second-order valence-electron chi connectivity index (χ2n) is 2.95. The first-order valence-electron chi connectivity index (χ1n) is 4.15. The maximum Gasteiger partial charge on any atom is 0.271 e. The molecule has 0 saturated carbocycles. The van der Waals surface area contributed by atoms with Gasteiger partial charge in [0.05, 0.1) is 6.04 Å². The van der Waals surface area contributed by atoms with Crippen molar-refractivity contribution < 1.29 is 0 Å². The van der Waals surface area contributed by atoms with Gasteiger partial charge in [-0.2, -0.15) is 0 Å². The van der Waals surface area contributed by atoms with E-state index in [2.05, 4.69) is 15.3 Å². The average Bonchev–Trinajstić information content (AvgIpc) is 2.57. The second-order valence-corrected chi connectivity index (χ2v) is 2.95. The van der Waals surface area contributed by atoms with Gasteiger partial charge in [0.1, 0.15) is 5.69 Å². The van der Waals surface area contributed by atoms with Gasteiger partial charge in [0.2, 0.25) is 0 Å². The highest BCUT2D eigenvalue weighted by Gasteiger charge is 2.19. The Bertz CT molecular complexity index is 314. The molecule has 4 heteroatoms. The highest BCUT2D eigenvalue weighted by Crippen LogP contribution is 2.17. The summed E-state index contributed by atoms with van der Waals surface area (Å²) in [7, 11) is 0. The quantitative estimate of drug-likeness (QED) is 0.624. The van der Waals surface area contributed by atoms with Crippen LogP contribution in [0.3, 0.4) is 0 Å². The fourth-order valence-corrected chi connectivity index (χ4v) is 1.53. The van der Waals surface area contributed by atoms with Crippen LogP contribution >= 0.6 is 0 Å². The Morgan fingerprint density at radius 3 is 3.17 bits per heavy atom. The molecule has 1 aliphatic heterocycles. The molecule has 1 fully saturated rings. The maximum atomic E-state index is 11.2. The van der Waals surface area contributed by atoms with Gasteiger partial charge >= 0.3 is 0 Å². The molecule has 2 rings (SSSR count). The smallest absolute Gasteiger partial charge is 0.271 e. The molecule has 64 valence electrons. The summed E-state index contributed by atoms with van der Waals surface area (Å²) in [5, 5.41) is 3.23. The normalized spacial score (nSPS) is 22.8. The third kappa shape index (κ3) is 1.25. The molecule has 1 atom stereocenters. The zero-order valence-corrected chi connectivity index (χ0v) is 6.71. The molecule has 0 aliphatic carbocycles. The van der Waals surface area contributed by atoms with Crippen molar-refractivity contribution in [1.82, 2.24) is 15.3 Å². The van der Waals surface area contributed by atoms with Crippen LogP contribution in [0.4, 0.5) is 0 Å². The number of hydrogen-bond donors (Lipinski definition) is 2. The Balaban J connectivity index is 2.32. The van der Waals surface area contributed by atoms with Gasteiger partial charge in [0.25, 0.3) is 5.56 Å². The van der Waals surface area contributed by atoms with Crippen molar-refractivity contribution in [3.63, 3.8) is 0 Å². The van der Waals surface area contributed by atoms with E-state index in [1.165, 1.54) is 0 Å². The maximum absolute atomic E-state index is 11.2. The molecule has 0 bridgehead atoms. The van der Waals surface area contributed by atoms with Crippen LogP contribution in [0.1, 0.15) is 24.6 Å². The molecule has 1 aromatic heterocycles. The Labute approximate surface area is 70.0 Å². The first-order chi connectivity index (χ1) is 5.88. The summed E-state index contributed by atoms with van der Waals surface area (Å²) >= 11 is 0. The van der Waals surface area contributed by atoms with E-state index < -0.39 is 0 Å². The van der Waals surface area contributed by atoms with E-state index in [1.807, 2.05) is 0 Å². The van der Waals surface area contributed by atoms with Crippen LogP contribution in [-0.4, -0.2) is 16.5 Å². The Kier molecular flexibility index (Phi) is 1.91. The number of nitrogens with one attached hydrogen (secondary N) is 2. The van der Waals surface area contributed by atoms with E-state index in [0.29, 0.717) is 5.69 Å². The number of hydrogen-bond acceptors (Lipinski definition) is 3. The topological polar surface area (TPSA) is 57.8 Å². The fourth-order valence-electron chi connectivity index (χ4n) is 1.53. The molecule has 0 radical (unpaired) electrons. The van der Waals surface area contributed by atoms with E-state index in [0.717, 1.165) is 19.4 Å². The van der Waals surface area contributed by atoms with Crippen LogP contribution < -0.4 is 10.9 Å².